The van der Waals surface area contributed by atoms with Gasteiger partial charge in [-0.1, -0.05) is 11.6 Å². The zero-order valence-electron chi connectivity index (χ0n) is 15.3. The first-order valence-corrected chi connectivity index (χ1v) is 9.22. The molecule has 0 unspecified atom stereocenters. The molecular weight excluding hydrogens is 362 g/mol. The first-order valence-electron chi connectivity index (χ1n) is 8.84. The molecule has 0 N–H and O–H groups in total. The van der Waals surface area contributed by atoms with Gasteiger partial charge in [-0.25, -0.2) is 15.0 Å². The summed E-state index contributed by atoms with van der Waals surface area (Å²) in [6.07, 6.45) is 5.84. The molecule has 4 rings (SSSR count). The van der Waals surface area contributed by atoms with Crippen molar-refractivity contribution in [3.63, 3.8) is 0 Å². The Morgan fingerprint density at radius 3 is 2.70 bits per heavy atom. The molecule has 1 fully saturated rings. The van der Waals surface area contributed by atoms with Gasteiger partial charge in [0.05, 0.1) is 16.8 Å². The zero-order chi connectivity index (χ0) is 19.0. The molecule has 27 heavy (non-hydrogen) atoms. The molecule has 3 heterocycles. The normalized spacial score (nSPS) is 17.0. The maximum Gasteiger partial charge on any atom is 0.254 e. The Balaban J connectivity index is 1.80. The number of nitrogens with zero attached hydrogens (tertiary/aromatic N) is 5. The second kappa shape index (κ2) is 7.21. The number of amides is 1. The largest absolute Gasteiger partial charge is 0.337 e. The van der Waals surface area contributed by atoms with Crippen LogP contribution < -0.4 is 0 Å². The fourth-order valence-corrected chi connectivity index (χ4v) is 3.64. The van der Waals surface area contributed by atoms with Crippen molar-refractivity contribution in [2.45, 2.75) is 12.5 Å². The molecule has 0 saturated carbocycles. The SMILES string of the molecule is CN(C)[C@H]1CCN(C(=O)c2cc(-c3cncnc3)nc3ccc(Cl)cc23)C1. The molecule has 6 nitrogen and oxygen atoms in total. The van der Waals surface area contributed by atoms with Gasteiger partial charge >= 0.3 is 0 Å². The van der Waals surface area contributed by atoms with Gasteiger partial charge in [0, 0.05) is 47.5 Å². The molecule has 1 aliphatic heterocycles. The Morgan fingerprint density at radius 1 is 1.22 bits per heavy atom. The molecule has 0 radical (unpaired) electrons. The number of aromatic nitrogens is 3. The minimum Gasteiger partial charge on any atom is -0.337 e. The first-order chi connectivity index (χ1) is 13.0. The summed E-state index contributed by atoms with van der Waals surface area (Å²) in [4.78, 5) is 30.2. The highest BCUT2D eigenvalue weighted by Gasteiger charge is 2.29. The maximum absolute atomic E-state index is 13.3. The third kappa shape index (κ3) is 3.50. The van der Waals surface area contributed by atoms with Gasteiger partial charge in [0.2, 0.25) is 0 Å². The van der Waals surface area contributed by atoms with E-state index in [1.54, 1.807) is 18.5 Å². The second-order valence-electron chi connectivity index (χ2n) is 7.00. The Hall–Kier alpha value is -2.57. The van der Waals surface area contributed by atoms with Crippen molar-refractivity contribution in [3.05, 3.63) is 53.6 Å². The monoisotopic (exact) mass is 381 g/mol. The lowest BCUT2D eigenvalue weighted by Crippen LogP contribution is -2.34. The van der Waals surface area contributed by atoms with Crippen LogP contribution in [0.15, 0.2) is 43.0 Å². The average Bonchev–Trinajstić information content (AvgIpc) is 3.18. The zero-order valence-corrected chi connectivity index (χ0v) is 16.0. The van der Waals surface area contributed by atoms with E-state index in [1.807, 2.05) is 37.2 Å². The topological polar surface area (TPSA) is 62.2 Å². The second-order valence-corrected chi connectivity index (χ2v) is 7.44. The number of rotatable bonds is 3. The number of hydrogen-bond donors (Lipinski definition) is 0. The van der Waals surface area contributed by atoms with E-state index in [1.165, 1.54) is 6.33 Å². The number of carbonyl (C=O) groups excluding carboxylic acids is 1. The number of fused-ring (bicyclic) bond motifs is 1. The molecule has 0 aliphatic carbocycles. The Morgan fingerprint density at radius 2 is 2.00 bits per heavy atom. The van der Waals surface area contributed by atoms with Gasteiger partial charge in [-0.05, 0) is 44.8 Å². The molecule has 1 aromatic carbocycles. The molecule has 3 aromatic rings. The van der Waals surface area contributed by atoms with E-state index in [2.05, 4.69) is 19.9 Å². The summed E-state index contributed by atoms with van der Waals surface area (Å²) >= 11 is 6.20. The van der Waals surface area contributed by atoms with Crippen molar-refractivity contribution >= 4 is 28.4 Å². The summed E-state index contributed by atoms with van der Waals surface area (Å²) in [5.74, 6) is 0.00659. The predicted molar refractivity (Wildman–Crippen MR) is 106 cm³/mol. The molecule has 2 aromatic heterocycles. The molecule has 0 bridgehead atoms. The van der Waals surface area contributed by atoms with E-state index in [4.69, 9.17) is 11.6 Å². The minimum absolute atomic E-state index is 0.00659. The van der Waals surface area contributed by atoms with Crippen LogP contribution in [-0.4, -0.2) is 63.9 Å². The van der Waals surface area contributed by atoms with Crippen LogP contribution >= 0.6 is 11.6 Å². The number of likely N-dealkylation sites (N-methyl/N-ethyl adjacent to an activating group) is 1. The predicted octanol–water partition coefficient (Wildman–Crippen LogP) is 3.12. The molecule has 138 valence electrons. The van der Waals surface area contributed by atoms with Crippen LogP contribution in [0.3, 0.4) is 0 Å². The molecule has 0 spiro atoms. The maximum atomic E-state index is 13.3. The highest BCUT2D eigenvalue weighted by molar-refractivity contribution is 6.31. The fourth-order valence-electron chi connectivity index (χ4n) is 3.47. The van der Waals surface area contributed by atoms with Gasteiger partial charge in [0.1, 0.15) is 6.33 Å². The molecule has 7 heteroatoms. The summed E-state index contributed by atoms with van der Waals surface area (Å²) in [7, 11) is 4.10. The number of likely N-dealkylation sites (tertiary alicyclic amines) is 1. The number of pyridine rings is 1. The van der Waals surface area contributed by atoms with E-state index < -0.39 is 0 Å². The smallest absolute Gasteiger partial charge is 0.254 e. The third-order valence-corrected chi connectivity index (χ3v) is 5.27. The molecule has 1 saturated heterocycles. The summed E-state index contributed by atoms with van der Waals surface area (Å²) in [6, 6.07) is 7.64. The lowest BCUT2D eigenvalue weighted by Gasteiger charge is -2.21. The number of benzene rings is 1. The van der Waals surface area contributed by atoms with Crippen LogP contribution in [0, 0.1) is 0 Å². The van der Waals surface area contributed by atoms with Crippen LogP contribution in [0.1, 0.15) is 16.8 Å². The first kappa shape index (κ1) is 17.8. The molecule has 1 atom stereocenters. The molecular formula is C20H20ClN5O. The van der Waals surface area contributed by atoms with Crippen LogP contribution in [0.5, 0.6) is 0 Å². The van der Waals surface area contributed by atoms with E-state index in [9.17, 15) is 4.79 Å². The minimum atomic E-state index is 0.00659. The van der Waals surface area contributed by atoms with E-state index in [0.717, 1.165) is 36.0 Å². The quantitative estimate of drug-likeness (QED) is 0.697. The van der Waals surface area contributed by atoms with Crippen molar-refractivity contribution in [3.8, 4) is 11.3 Å². The van der Waals surface area contributed by atoms with Gasteiger partial charge in [-0.15, -0.1) is 0 Å². The van der Waals surface area contributed by atoms with Crippen molar-refractivity contribution < 1.29 is 4.79 Å². The van der Waals surface area contributed by atoms with E-state index >= 15 is 0 Å². The standard InChI is InChI=1S/C20H20ClN5O/c1-25(2)15-5-6-26(11-15)20(27)17-8-19(13-9-22-12-23-10-13)24-18-4-3-14(21)7-16(17)18/h3-4,7-10,12,15H,5-6,11H2,1-2H3/t15-/m0/s1. The fraction of sp³-hybridized carbons (Fsp3) is 0.300. The van der Waals surface area contributed by atoms with E-state index in [0.29, 0.717) is 22.3 Å². The van der Waals surface area contributed by atoms with Crippen molar-refractivity contribution in [2.75, 3.05) is 27.2 Å². The molecule has 1 aliphatic rings. The van der Waals surface area contributed by atoms with Gasteiger partial charge in [0.15, 0.2) is 0 Å². The highest BCUT2D eigenvalue weighted by atomic mass is 35.5. The van der Waals surface area contributed by atoms with Crippen molar-refractivity contribution in [1.82, 2.24) is 24.8 Å². The van der Waals surface area contributed by atoms with E-state index in [-0.39, 0.29) is 5.91 Å². The summed E-state index contributed by atoms with van der Waals surface area (Å²) in [5.41, 5.74) is 2.79. The van der Waals surface area contributed by atoms with Crippen LogP contribution in [0.2, 0.25) is 5.02 Å². The van der Waals surface area contributed by atoms with Crippen molar-refractivity contribution in [1.29, 1.82) is 0 Å². The van der Waals surface area contributed by atoms with Crippen LogP contribution in [-0.2, 0) is 0 Å². The Bertz CT molecular complexity index is 992. The lowest BCUT2D eigenvalue weighted by atomic mass is 10.0. The summed E-state index contributed by atoms with van der Waals surface area (Å²) < 4.78 is 0. The van der Waals surface area contributed by atoms with Gasteiger partial charge in [-0.3, -0.25) is 4.79 Å². The Labute approximate surface area is 162 Å². The highest BCUT2D eigenvalue weighted by Crippen LogP contribution is 2.28. The number of hydrogen-bond acceptors (Lipinski definition) is 5. The summed E-state index contributed by atoms with van der Waals surface area (Å²) in [6.45, 7) is 1.47. The van der Waals surface area contributed by atoms with Gasteiger partial charge in [0.25, 0.3) is 5.91 Å². The van der Waals surface area contributed by atoms with Gasteiger partial charge in [-0.2, -0.15) is 0 Å². The van der Waals surface area contributed by atoms with Crippen LogP contribution in [0.25, 0.3) is 22.2 Å². The molecule has 1 amide bonds. The lowest BCUT2D eigenvalue weighted by molar-refractivity contribution is 0.0785. The third-order valence-electron chi connectivity index (χ3n) is 5.04. The average molecular weight is 382 g/mol. The Kier molecular flexibility index (Phi) is 4.76. The number of carbonyl (C=O) groups is 1. The number of halogens is 1. The van der Waals surface area contributed by atoms with Crippen LogP contribution in [0.4, 0.5) is 0 Å². The van der Waals surface area contributed by atoms with Crippen molar-refractivity contribution in [2.24, 2.45) is 0 Å². The van der Waals surface area contributed by atoms with Gasteiger partial charge < -0.3 is 9.80 Å². The summed E-state index contributed by atoms with van der Waals surface area (Å²) in [5, 5.41) is 1.35.